The average Bonchev–Trinajstić information content (AvgIpc) is 3.03. The van der Waals surface area contributed by atoms with E-state index in [2.05, 4.69) is 15.3 Å². The minimum atomic E-state index is -0.146. The fraction of sp³-hybridized carbons (Fsp3) is 0.0625. The summed E-state index contributed by atoms with van der Waals surface area (Å²) in [5.41, 5.74) is 2.40. The number of imidazole rings is 1. The number of hydrogen-bond donors (Lipinski definition) is 1. The van der Waals surface area contributed by atoms with Crippen LogP contribution in [0.4, 0.5) is 5.69 Å². The summed E-state index contributed by atoms with van der Waals surface area (Å²) in [4.78, 5) is 20.3. The number of carbonyl (C=O) groups is 1. The number of hydrogen-bond acceptors (Lipinski definition) is 3. The summed E-state index contributed by atoms with van der Waals surface area (Å²) >= 11 is 0. The Morgan fingerprint density at radius 3 is 2.57 bits per heavy atom. The molecule has 5 heteroatoms. The van der Waals surface area contributed by atoms with E-state index in [1.807, 2.05) is 37.4 Å². The van der Waals surface area contributed by atoms with E-state index < -0.39 is 0 Å². The highest BCUT2D eigenvalue weighted by atomic mass is 16.1. The Kier molecular flexibility index (Phi) is 3.47. The summed E-state index contributed by atoms with van der Waals surface area (Å²) in [6, 6.07) is 11.1. The van der Waals surface area contributed by atoms with Gasteiger partial charge in [-0.2, -0.15) is 0 Å². The Labute approximate surface area is 122 Å². The highest BCUT2D eigenvalue weighted by molar-refractivity contribution is 6.04. The lowest BCUT2D eigenvalue weighted by Gasteiger charge is -2.06. The van der Waals surface area contributed by atoms with Crippen molar-refractivity contribution in [3.8, 4) is 5.82 Å². The molecule has 0 spiro atoms. The van der Waals surface area contributed by atoms with Gasteiger partial charge in [0.1, 0.15) is 12.1 Å². The van der Waals surface area contributed by atoms with Crippen LogP contribution in [0, 0.1) is 6.92 Å². The number of carbonyl (C=O) groups excluding carboxylic acids is 1. The first-order chi connectivity index (χ1) is 10.2. The van der Waals surface area contributed by atoms with E-state index in [4.69, 9.17) is 0 Å². The average molecular weight is 278 g/mol. The van der Waals surface area contributed by atoms with E-state index in [1.54, 1.807) is 35.4 Å². The predicted octanol–water partition coefficient (Wildman–Crippen LogP) is 2.83. The fourth-order valence-electron chi connectivity index (χ4n) is 1.92. The molecule has 2 heterocycles. The molecule has 104 valence electrons. The van der Waals surface area contributed by atoms with Gasteiger partial charge in [0.15, 0.2) is 0 Å². The molecule has 0 aliphatic carbocycles. The number of amides is 1. The first-order valence-corrected chi connectivity index (χ1v) is 6.55. The van der Waals surface area contributed by atoms with Crippen molar-refractivity contribution in [1.29, 1.82) is 0 Å². The van der Waals surface area contributed by atoms with Crippen LogP contribution in [0.5, 0.6) is 0 Å². The fourth-order valence-corrected chi connectivity index (χ4v) is 1.92. The van der Waals surface area contributed by atoms with Crippen LogP contribution in [-0.2, 0) is 0 Å². The zero-order valence-electron chi connectivity index (χ0n) is 11.5. The molecule has 5 nitrogen and oxygen atoms in total. The van der Waals surface area contributed by atoms with Crippen LogP contribution in [0.2, 0.25) is 0 Å². The zero-order chi connectivity index (χ0) is 14.7. The molecule has 0 saturated carbocycles. The normalized spacial score (nSPS) is 10.3. The van der Waals surface area contributed by atoms with Crippen molar-refractivity contribution < 1.29 is 4.79 Å². The summed E-state index contributed by atoms with van der Waals surface area (Å²) in [5.74, 6) is 0.605. The van der Waals surface area contributed by atoms with Crippen molar-refractivity contribution in [2.75, 3.05) is 5.32 Å². The Morgan fingerprint density at radius 2 is 1.95 bits per heavy atom. The van der Waals surface area contributed by atoms with Gasteiger partial charge in [0.2, 0.25) is 0 Å². The summed E-state index contributed by atoms with van der Waals surface area (Å²) in [5, 5.41) is 2.82. The molecule has 0 aliphatic heterocycles. The molecule has 1 aromatic carbocycles. The Balaban J connectivity index is 1.73. The lowest BCUT2D eigenvalue weighted by molar-refractivity contribution is 0.102. The van der Waals surface area contributed by atoms with Crippen molar-refractivity contribution in [3.63, 3.8) is 0 Å². The van der Waals surface area contributed by atoms with E-state index in [1.165, 1.54) is 0 Å². The first-order valence-electron chi connectivity index (χ1n) is 6.55. The molecule has 1 amide bonds. The lowest BCUT2D eigenvalue weighted by atomic mass is 10.1. The van der Waals surface area contributed by atoms with Gasteiger partial charge in [-0.05, 0) is 31.2 Å². The van der Waals surface area contributed by atoms with E-state index >= 15 is 0 Å². The van der Waals surface area contributed by atoms with Crippen LogP contribution < -0.4 is 5.32 Å². The second-order valence-electron chi connectivity index (χ2n) is 4.70. The van der Waals surface area contributed by atoms with Gasteiger partial charge in [-0.15, -0.1) is 0 Å². The van der Waals surface area contributed by atoms with Gasteiger partial charge in [0.25, 0.3) is 5.91 Å². The highest BCUT2D eigenvalue weighted by Gasteiger charge is 2.06. The van der Waals surface area contributed by atoms with Gasteiger partial charge in [-0.3, -0.25) is 9.36 Å². The van der Waals surface area contributed by atoms with Gasteiger partial charge >= 0.3 is 0 Å². The van der Waals surface area contributed by atoms with Gasteiger partial charge < -0.3 is 5.32 Å². The third-order valence-electron chi connectivity index (χ3n) is 3.09. The van der Waals surface area contributed by atoms with Crippen LogP contribution in [0.25, 0.3) is 5.82 Å². The maximum atomic E-state index is 12.1. The second-order valence-corrected chi connectivity index (χ2v) is 4.70. The number of benzene rings is 1. The molecule has 0 saturated heterocycles. The van der Waals surface area contributed by atoms with Crippen LogP contribution in [0.3, 0.4) is 0 Å². The van der Waals surface area contributed by atoms with Crippen molar-refractivity contribution in [2.24, 2.45) is 0 Å². The first kappa shape index (κ1) is 13.1. The van der Waals surface area contributed by atoms with Crippen molar-refractivity contribution in [2.45, 2.75) is 6.92 Å². The van der Waals surface area contributed by atoms with Crippen molar-refractivity contribution in [1.82, 2.24) is 14.5 Å². The summed E-state index contributed by atoms with van der Waals surface area (Å²) < 4.78 is 1.80. The molecule has 0 bridgehead atoms. The summed E-state index contributed by atoms with van der Waals surface area (Å²) in [6.45, 7) is 1.99. The standard InChI is InChI=1S/C16H14N4O/c1-12-2-4-13(5-3-12)16(21)19-14-6-7-15(18-10-14)20-9-8-17-11-20/h2-11H,1H3,(H,19,21). The minimum absolute atomic E-state index is 0.146. The molecular formula is C16H14N4O. The van der Waals surface area contributed by atoms with Crippen molar-refractivity contribution >= 4 is 11.6 Å². The summed E-state index contributed by atoms with van der Waals surface area (Å²) in [6.07, 6.45) is 6.80. The molecule has 21 heavy (non-hydrogen) atoms. The molecule has 0 radical (unpaired) electrons. The molecule has 2 aromatic heterocycles. The number of nitrogens with one attached hydrogen (secondary N) is 1. The second kappa shape index (κ2) is 5.58. The smallest absolute Gasteiger partial charge is 0.255 e. The Morgan fingerprint density at radius 1 is 1.14 bits per heavy atom. The molecule has 3 rings (SSSR count). The monoisotopic (exact) mass is 278 g/mol. The van der Waals surface area contributed by atoms with Crippen molar-refractivity contribution in [3.05, 3.63) is 72.4 Å². The molecule has 3 aromatic rings. The number of aromatic nitrogens is 3. The number of rotatable bonds is 3. The highest BCUT2D eigenvalue weighted by Crippen LogP contribution is 2.11. The minimum Gasteiger partial charge on any atom is -0.321 e. The van der Waals surface area contributed by atoms with Gasteiger partial charge in [0.05, 0.1) is 11.9 Å². The summed E-state index contributed by atoms with van der Waals surface area (Å²) in [7, 11) is 0. The Hall–Kier alpha value is -2.95. The third-order valence-corrected chi connectivity index (χ3v) is 3.09. The van der Waals surface area contributed by atoms with E-state index in [9.17, 15) is 4.79 Å². The van der Waals surface area contributed by atoms with E-state index in [-0.39, 0.29) is 5.91 Å². The largest absolute Gasteiger partial charge is 0.321 e. The number of anilines is 1. The molecule has 0 unspecified atom stereocenters. The SMILES string of the molecule is Cc1ccc(C(=O)Nc2ccc(-n3ccnc3)nc2)cc1. The van der Waals surface area contributed by atoms with Crippen LogP contribution in [-0.4, -0.2) is 20.4 Å². The van der Waals surface area contributed by atoms with E-state index in [0.717, 1.165) is 11.4 Å². The lowest BCUT2D eigenvalue weighted by Crippen LogP contribution is -2.12. The maximum absolute atomic E-state index is 12.1. The van der Waals surface area contributed by atoms with E-state index in [0.29, 0.717) is 11.3 Å². The topological polar surface area (TPSA) is 59.8 Å². The maximum Gasteiger partial charge on any atom is 0.255 e. The molecule has 0 fully saturated rings. The molecule has 1 N–H and O–H groups in total. The van der Waals surface area contributed by atoms with Crippen LogP contribution >= 0.6 is 0 Å². The van der Waals surface area contributed by atoms with Gasteiger partial charge in [-0.25, -0.2) is 9.97 Å². The number of nitrogens with zero attached hydrogens (tertiary/aromatic N) is 3. The van der Waals surface area contributed by atoms with Gasteiger partial charge in [-0.1, -0.05) is 17.7 Å². The van der Waals surface area contributed by atoms with Gasteiger partial charge in [0, 0.05) is 18.0 Å². The molecular weight excluding hydrogens is 264 g/mol. The zero-order valence-corrected chi connectivity index (χ0v) is 11.5. The quantitative estimate of drug-likeness (QED) is 0.801. The van der Waals surface area contributed by atoms with Crippen LogP contribution in [0.15, 0.2) is 61.3 Å². The Bertz CT molecular complexity index is 731. The predicted molar refractivity (Wildman–Crippen MR) is 80.5 cm³/mol. The van der Waals surface area contributed by atoms with Crippen LogP contribution in [0.1, 0.15) is 15.9 Å². The number of aryl methyl sites for hydroxylation is 1. The third kappa shape index (κ3) is 2.97. The molecule has 0 atom stereocenters. The molecule has 0 aliphatic rings. The number of pyridine rings is 1.